The van der Waals surface area contributed by atoms with Crippen molar-refractivity contribution in [2.75, 3.05) is 17.2 Å². The van der Waals surface area contributed by atoms with Gasteiger partial charge in [0.05, 0.1) is 12.2 Å². The van der Waals surface area contributed by atoms with E-state index in [0.717, 1.165) is 0 Å². The van der Waals surface area contributed by atoms with Gasteiger partial charge in [0.2, 0.25) is 5.91 Å². The molecule has 1 aliphatic rings. The largest absolute Gasteiger partial charge is 0.444 e. The number of carbonyl (C=O) groups excluding carboxylic acids is 2. The van der Waals surface area contributed by atoms with Crippen LogP contribution >= 0.6 is 0 Å². The van der Waals surface area contributed by atoms with E-state index in [-0.39, 0.29) is 13.0 Å². The summed E-state index contributed by atoms with van der Waals surface area (Å²) in [6.45, 7) is 0.244. The van der Waals surface area contributed by atoms with Gasteiger partial charge in [-0.25, -0.2) is 14.2 Å². The molecule has 2 aromatic rings. The third-order valence-corrected chi connectivity index (χ3v) is 3.95. The van der Waals surface area contributed by atoms with Gasteiger partial charge in [0.1, 0.15) is 17.7 Å². The zero-order chi connectivity index (χ0) is 18.0. The zero-order valence-electron chi connectivity index (χ0n) is 13.3. The summed E-state index contributed by atoms with van der Waals surface area (Å²) in [6, 6.07) is 7.73. The number of cyclic esters (lactones) is 1. The second kappa shape index (κ2) is 6.76. The van der Waals surface area contributed by atoms with E-state index in [4.69, 9.17) is 16.2 Å². The molecule has 2 amide bonds. The van der Waals surface area contributed by atoms with Gasteiger partial charge >= 0.3 is 6.09 Å². The van der Waals surface area contributed by atoms with Crippen LogP contribution in [0.25, 0.3) is 11.1 Å². The average Bonchev–Trinajstić information content (AvgIpc) is 2.95. The van der Waals surface area contributed by atoms with Crippen molar-refractivity contribution in [3.8, 4) is 11.1 Å². The van der Waals surface area contributed by atoms with Gasteiger partial charge in [0.25, 0.3) is 0 Å². The van der Waals surface area contributed by atoms with Gasteiger partial charge in [0, 0.05) is 23.7 Å². The lowest BCUT2D eigenvalue weighted by molar-refractivity contribution is -0.118. The molecular weight excluding hydrogens is 327 g/mol. The highest BCUT2D eigenvalue weighted by molar-refractivity contribution is 5.90. The van der Waals surface area contributed by atoms with Crippen LogP contribution in [-0.4, -0.2) is 29.6 Å². The highest BCUT2D eigenvalue weighted by Crippen LogP contribution is 2.29. The zero-order valence-corrected chi connectivity index (χ0v) is 13.3. The Morgan fingerprint density at radius 1 is 1.36 bits per heavy atom. The van der Waals surface area contributed by atoms with Gasteiger partial charge in [-0.3, -0.25) is 9.69 Å². The first kappa shape index (κ1) is 16.7. The van der Waals surface area contributed by atoms with Crippen LogP contribution in [0.3, 0.4) is 0 Å². The molecule has 1 saturated heterocycles. The Morgan fingerprint density at radius 2 is 2.16 bits per heavy atom. The molecule has 0 saturated carbocycles. The lowest BCUT2D eigenvalue weighted by Gasteiger charge is -2.14. The first-order valence-electron chi connectivity index (χ1n) is 7.72. The summed E-state index contributed by atoms with van der Waals surface area (Å²) in [6.07, 6.45) is 0.940. The van der Waals surface area contributed by atoms with Crippen molar-refractivity contribution in [2.45, 2.75) is 18.9 Å². The highest BCUT2D eigenvalue weighted by Gasteiger charge is 2.32. The number of amides is 2. The lowest BCUT2D eigenvalue weighted by atomic mass is 10.1. The Hall–Kier alpha value is -3.16. The molecule has 130 valence electrons. The molecule has 1 atom stereocenters. The number of nitrogen functional groups attached to an aromatic ring is 1. The first-order valence-corrected chi connectivity index (χ1v) is 7.72. The molecule has 1 aromatic carbocycles. The maximum absolute atomic E-state index is 14.5. The van der Waals surface area contributed by atoms with E-state index < -0.39 is 23.9 Å². The molecule has 0 spiro atoms. The average molecular weight is 344 g/mol. The van der Waals surface area contributed by atoms with Crippen molar-refractivity contribution in [3.63, 3.8) is 0 Å². The topological polar surface area (TPSA) is 112 Å². The van der Waals surface area contributed by atoms with Crippen LogP contribution in [-0.2, 0) is 9.53 Å². The van der Waals surface area contributed by atoms with Crippen molar-refractivity contribution >= 4 is 23.5 Å². The third kappa shape index (κ3) is 3.68. The highest BCUT2D eigenvalue weighted by atomic mass is 19.1. The molecule has 4 N–H and O–H groups in total. The van der Waals surface area contributed by atoms with Crippen molar-refractivity contribution in [2.24, 2.45) is 5.73 Å². The summed E-state index contributed by atoms with van der Waals surface area (Å²) >= 11 is 0. The Balaban J connectivity index is 1.77. The predicted octanol–water partition coefficient (Wildman–Crippen LogP) is 2.06. The predicted molar refractivity (Wildman–Crippen MR) is 90.1 cm³/mol. The Kier molecular flexibility index (Phi) is 4.51. The van der Waals surface area contributed by atoms with E-state index >= 15 is 0 Å². The number of anilines is 2. The van der Waals surface area contributed by atoms with Crippen LogP contribution in [0.4, 0.5) is 20.7 Å². The maximum Gasteiger partial charge on any atom is 0.414 e. The number of primary amides is 1. The normalized spacial score (nSPS) is 16.8. The minimum absolute atomic E-state index is 0.128. The number of aromatic nitrogens is 1. The lowest BCUT2D eigenvalue weighted by Crippen LogP contribution is -2.25. The Morgan fingerprint density at radius 3 is 2.80 bits per heavy atom. The molecule has 0 aliphatic carbocycles. The molecule has 1 aliphatic heterocycles. The number of ether oxygens (including phenoxy) is 1. The van der Waals surface area contributed by atoms with E-state index in [1.807, 2.05) is 0 Å². The molecule has 0 radical (unpaired) electrons. The molecule has 2 heterocycles. The third-order valence-electron chi connectivity index (χ3n) is 3.95. The molecule has 25 heavy (non-hydrogen) atoms. The van der Waals surface area contributed by atoms with Crippen LogP contribution in [0.2, 0.25) is 0 Å². The standard InChI is InChI=1S/C17H17FN4O3/c18-14-7-11(2-4-13(14)10-1-5-15(19)21-8-10)22-9-12(25-17(22)24)3-6-16(20)23/h1-2,4-5,7-8,12H,3,6,9H2,(H2,19,21)(H2,20,23). The second-order valence-electron chi connectivity index (χ2n) is 5.76. The van der Waals surface area contributed by atoms with Gasteiger partial charge in [-0.15, -0.1) is 0 Å². The quantitative estimate of drug-likeness (QED) is 0.862. The molecule has 3 rings (SSSR count). The number of nitrogens with two attached hydrogens (primary N) is 2. The summed E-state index contributed by atoms with van der Waals surface area (Å²) in [4.78, 5) is 28.1. The van der Waals surface area contributed by atoms with Crippen LogP contribution < -0.4 is 16.4 Å². The monoisotopic (exact) mass is 344 g/mol. The number of hydrogen-bond donors (Lipinski definition) is 2. The minimum Gasteiger partial charge on any atom is -0.444 e. The molecule has 0 bridgehead atoms. The SMILES string of the molecule is NC(=O)CCC1CN(c2ccc(-c3ccc(N)nc3)c(F)c2)C(=O)O1. The number of carbonyl (C=O) groups is 2. The van der Waals surface area contributed by atoms with Gasteiger partial charge in [-0.05, 0) is 36.8 Å². The smallest absolute Gasteiger partial charge is 0.414 e. The van der Waals surface area contributed by atoms with Crippen molar-refractivity contribution in [1.82, 2.24) is 4.98 Å². The van der Waals surface area contributed by atoms with Gasteiger partial charge in [-0.2, -0.15) is 0 Å². The molecular formula is C17H17FN4O3. The number of rotatable bonds is 5. The number of benzene rings is 1. The van der Waals surface area contributed by atoms with Gasteiger partial charge in [-0.1, -0.05) is 0 Å². The van der Waals surface area contributed by atoms with Gasteiger partial charge < -0.3 is 16.2 Å². The molecule has 7 nitrogen and oxygen atoms in total. The van der Waals surface area contributed by atoms with Crippen molar-refractivity contribution in [3.05, 3.63) is 42.3 Å². The summed E-state index contributed by atoms with van der Waals surface area (Å²) in [5.74, 6) is -0.595. The van der Waals surface area contributed by atoms with E-state index in [2.05, 4.69) is 4.98 Å². The number of hydrogen-bond acceptors (Lipinski definition) is 5. The number of pyridine rings is 1. The maximum atomic E-state index is 14.5. The summed E-state index contributed by atoms with van der Waals surface area (Å²) in [5, 5.41) is 0. The second-order valence-corrected chi connectivity index (χ2v) is 5.76. The molecule has 1 unspecified atom stereocenters. The van der Waals surface area contributed by atoms with Gasteiger partial charge in [0.15, 0.2) is 0 Å². The van der Waals surface area contributed by atoms with Crippen LogP contribution in [0.15, 0.2) is 36.5 Å². The fraction of sp³-hybridized carbons (Fsp3) is 0.235. The van der Waals surface area contributed by atoms with E-state index in [9.17, 15) is 14.0 Å². The first-order chi connectivity index (χ1) is 11.9. The molecule has 1 aromatic heterocycles. The molecule has 8 heteroatoms. The van der Waals surface area contributed by atoms with Crippen molar-refractivity contribution in [1.29, 1.82) is 0 Å². The summed E-state index contributed by atoms with van der Waals surface area (Å²) in [7, 11) is 0. The Labute approximate surface area is 143 Å². The summed E-state index contributed by atoms with van der Waals surface area (Å²) in [5.41, 5.74) is 12.0. The Bertz CT molecular complexity index is 810. The van der Waals surface area contributed by atoms with Crippen LogP contribution in [0.1, 0.15) is 12.8 Å². The number of halogens is 1. The van der Waals surface area contributed by atoms with E-state index in [0.29, 0.717) is 29.1 Å². The van der Waals surface area contributed by atoms with E-state index in [1.165, 1.54) is 17.2 Å². The summed E-state index contributed by atoms with van der Waals surface area (Å²) < 4.78 is 19.6. The molecule has 1 fully saturated rings. The minimum atomic E-state index is -0.573. The van der Waals surface area contributed by atoms with Crippen molar-refractivity contribution < 1.29 is 18.7 Å². The van der Waals surface area contributed by atoms with E-state index in [1.54, 1.807) is 24.3 Å². The van der Waals surface area contributed by atoms with Crippen LogP contribution in [0.5, 0.6) is 0 Å². The fourth-order valence-electron chi connectivity index (χ4n) is 2.66. The fourth-order valence-corrected chi connectivity index (χ4v) is 2.66. The van der Waals surface area contributed by atoms with Crippen LogP contribution in [0, 0.1) is 5.82 Å². The number of nitrogens with zero attached hydrogens (tertiary/aromatic N) is 2.